The first kappa shape index (κ1) is 16.6. The van der Waals surface area contributed by atoms with Crippen molar-refractivity contribution in [1.82, 2.24) is 10.2 Å². The van der Waals surface area contributed by atoms with E-state index >= 15 is 0 Å². The lowest BCUT2D eigenvalue weighted by atomic mass is 10.0. The fourth-order valence-electron chi connectivity index (χ4n) is 2.73. The van der Waals surface area contributed by atoms with E-state index in [0.717, 1.165) is 25.9 Å². The van der Waals surface area contributed by atoms with Crippen LogP contribution in [0.3, 0.4) is 0 Å². The van der Waals surface area contributed by atoms with E-state index in [1.807, 2.05) is 37.9 Å². The van der Waals surface area contributed by atoms with Crippen molar-refractivity contribution < 1.29 is 14.3 Å². The van der Waals surface area contributed by atoms with E-state index in [-0.39, 0.29) is 12.0 Å². The molecule has 1 amide bonds. The molecule has 1 aliphatic heterocycles. The number of benzene rings is 1. The van der Waals surface area contributed by atoms with Crippen LogP contribution in [0.15, 0.2) is 18.2 Å². The number of hydrogen-bond acceptors (Lipinski definition) is 4. The van der Waals surface area contributed by atoms with E-state index in [1.165, 1.54) is 0 Å². The van der Waals surface area contributed by atoms with Gasteiger partial charge >= 0.3 is 0 Å². The number of amides is 1. The normalized spacial score (nSPS) is 18.4. The Hall–Kier alpha value is -1.75. The van der Waals surface area contributed by atoms with Gasteiger partial charge in [-0.2, -0.15) is 0 Å². The number of likely N-dealkylation sites (N-methyl/N-ethyl adjacent to an activating group) is 1. The number of likely N-dealkylation sites (tertiary alicyclic amines) is 1. The van der Waals surface area contributed by atoms with Gasteiger partial charge < -0.3 is 19.7 Å². The third kappa shape index (κ3) is 3.91. The van der Waals surface area contributed by atoms with Crippen LogP contribution in [0.2, 0.25) is 0 Å². The molecule has 1 aromatic rings. The maximum Gasteiger partial charge on any atom is 0.254 e. The lowest BCUT2D eigenvalue weighted by Crippen LogP contribution is -2.46. The summed E-state index contributed by atoms with van der Waals surface area (Å²) in [5.74, 6) is 1.32. The van der Waals surface area contributed by atoms with Gasteiger partial charge in [0.25, 0.3) is 5.91 Å². The summed E-state index contributed by atoms with van der Waals surface area (Å²) in [5.41, 5.74) is 0.643. The van der Waals surface area contributed by atoms with Gasteiger partial charge in [-0.25, -0.2) is 0 Å². The molecule has 5 heteroatoms. The first-order valence-corrected chi connectivity index (χ1v) is 7.86. The molecule has 1 saturated heterocycles. The molecular formula is C17H26N2O3. The molecule has 1 atom stereocenters. The average molecular weight is 306 g/mol. The molecule has 1 fully saturated rings. The van der Waals surface area contributed by atoms with Gasteiger partial charge in [-0.3, -0.25) is 4.79 Å². The fourth-order valence-corrected chi connectivity index (χ4v) is 2.73. The first-order valence-electron chi connectivity index (χ1n) is 7.86. The van der Waals surface area contributed by atoms with Crippen LogP contribution >= 0.6 is 0 Å². The van der Waals surface area contributed by atoms with Crippen molar-refractivity contribution in [2.75, 3.05) is 27.2 Å². The molecule has 0 saturated carbocycles. The van der Waals surface area contributed by atoms with Crippen molar-refractivity contribution in [3.8, 4) is 11.5 Å². The Labute approximate surface area is 132 Å². The number of nitrogens with one attached hydrogen (secondary N) is 1. The third-order valence-corrected chi connectivity index (χ3v) is 3.89. The quantitative estimate of drug-likeness (QED) is 0.907. The number of piperidine rings is 1. The second-order valence-electron chi connectivity index (χ2n) is 5.91. The molecular weight excluding hydrogens is 280 g/mol. The molecule has 2 rings (SSSR count). The highest BCUT2D eigenvalue weighted by atomic mass is 16.5. The Balaban J connectivity index is 2.15. The zero-order valence-corrected chi connectivity index (χ0v) is 13.9. The molecule has 0 unspecified atom stereocenters. The summed E-state index contributed by atoms with van der Waals surface area (Å²) < 4.78 is 11.0. The van der Waals surface area contributed by atoms with Crippen LogP contribution in [0, 0.1) is 0 Å². The van der Waals surface area contributed by atoms with Crippen molar-refractivity contribution >= 4 is 5.91 Å². The number of rotatable bonds is 5. The highest BCUT2D eigenvalue weighted by Gasteiger charge is 2.24. The molecule has 0 aliphatic carbocycles. The number of hydrogen-bond donors (Lipinski definition) is 1. The Morgan fingerprint density at radius 1 is 1.36 bits per heavy atom. The first-order chi connectivity index (χ1) is 10.5. The molecule has 0 bridgehead atoms. The Morgan fingerprint density at radius 3 is 2.77 bits per heavy atom. The molecule has 5 nitrogen and oxygen atoms in total. The topological polar surface area (TPSA) is 50.8 Å². The summed E-state index contributed by atoms with van der Waals surface area (Å²) in [4.78, 5) is 14.6. The monoisotopic (exact) mass is 306 g/mol. The van der Waals surface area contributed by atoms with Gasteiger partial charge in [-0.05, 0) is 51.9 Å². The highest BCUT2D eigenvalue weighted by Crippen LogP contribution is 2.29. The van der Waals surface area contributed by atoms with E-state index < -0.39 is 0 Å². The maximum absolute atomic E-state index is 12.7. The molecule has 0 radical (unpaired) electrons. The van der Waals surface area contributed by atoms with Crippen molar-refractivity contribution in [3.05, 3.63) is 23.8 Å². The Bertz CT molecular complexity index is 517. The number of nitrogens with zero attached hydrogens (tertiary/aromatic N) is 1. The van der Waals surface area contributed by atoms with Crippen LogP contribution in [0.25, 0.3) is 0 Å². The van der Waals surface area contributed by atoms with Gasteiger partial charge in [0.15, 0.2) is 11.5 Å². The summed E-state index contributed by atoms with van der Waals surface area (Å²) in [7, 11) is 3.54. The van der Waals surface area contributed by atoms with Crippen molar-refractivity contribution in [2.45, 2.75) is 38.8 Å². The minimum atomic E-state index is 0.0503. The minimum absolute atomic E-state index is 0.0503. The SMILES string of the molecule is CN[C@H]1CCCN(C(=O)c2ccc(OC(C)C)c(OC)c2)C1. The van der Waals surface area contributed by atoms with Crippen LogP contribution < -0.4 is 14.8 Å². The molecule has 1 aromatic carbocycles. The van der Waals surface area contributed by atoms with E-state index in [9.17, 15) is 4.79 Å². The Morgan fingerprint density at radius 2 is 2.14 bits per heavy atom. The van der Waals surface area contributed by atoms with Crippen LogP contribution in [0.1, 0.15) is 37.0 Å². The van der Waals surface area contributed by atoms with Gasteiger partial charge in [0.1, 0.15) is 0 Å². The molecule has 1 aliphatic rings. The molecule has 0 spiro atoms. The smallest absolute Gasteiger partial charge is 0.254 e. The van der Waals surface area contributed by atoms with Crippen molar-refractivity contribution in [1.29, 1.82) is 0 Å². The lowest BCUT2D eigenvalue weighted by molar-refractivity contribution is 0.0697. The molecule has 1 N–H and O–H groups in total. The van der Waals surface area contributed by atoms with Crippen LogP contribution in [-0.2, 0) is 0 Å². The van der Waals surface area contributed by atoms with Crippen molar-refractivity contribution in [2.24, 2.45) is 0 Å². The molecule has 1 heterocycles. The van der Waals surface area contributed by atoms with Gasteiger partial charge in [-0.15, -0.1) is 0 Å². The summed E-state index contributed by atoms with van der Waals surface area (Å²) in [6.45, 7) is 5.49. The molecule has 0 aromatic heterocycles. The summed E-state index contributed by atoms with van der Waals surface area (Å²) in [6, 6.07) is 5.77. The van der Waals surface area contributed by atoms with E-state index in [0.29, 0.717) is 23.1 Å². The summed E-state index contributed by atoms with van der Waals surface area (Å²) in [5, 5.41) is 3.25. The minimum Gasteiger partial charge on any atom is -0.493 e. The van der Waals surface area contributed by atoms with Gasteiger partial charge in [0.05, 0.1) is 13.2 Å². The summed E-state index contributed by atoms with van der Waals surface area (Å²) in [6.07, 6.45) is 2.21. The zero-order chi connectivity index (χ0) is 16.1. The van der Waals surface area contributed by atoms with E-state index in [2.05, 4.69) is 5.32 Å². The largest absolute Gasteiger partial charge is 0.493 e. The van der Waals surface area contributed by atoms with E-state index in [4.69, 9.17) is 9.47 Å². The zero-order valence-electron chi connectivity index (χ0n) is 13.9. The standard InChI is InChI=1S/C17H26N2O3/c1-12(2)22-15-8-7-13(10-16(15)21-4)17(20)19-9-5-6-14(11-19)18-3/h7-8,10,12,14,18H,5-6,9,11H2,1-4H3/t14-/m0/s1. The van der Waals surface area contributed by atoms with Crippen LogP contribution in [0.4, 0.5) is 0 Å². The lowest BCUT2D eigenvalue weighted by Gasteiger charge is -2.32. The van der Waals surface area contributed by atoms with Crippen molar-refractivity contribution in [3.63, 3.8) is 0 Å². The highest BCUT2D eigenvalue weighted by molar-refractivity contribution is 5.95. The second kappa shape index (κ2) is 7.49. The van der Waals surface area contributed by atoms with E-state index in [1.54, 1.807) is 13.2 Å². The van der Waals surface area contributed by atoms with Gasteiger partial charge in [0, 0.05) is 24.7 Å². The number of carbonyl (C=O) groups is 1. The van der Waals surface area contributed by atoms with Crippen LogP contribution in [0.5, 0.6) is 11.5 Å². The Kier molecular flexibility index (Phi) is 5.66. The molecule has 122 valence electrons. The van der Waals surface area contributed by atoms with Gasteiger partial charge in [0.2, 0.25) is 0 Å². The van der Waals surface area contributed by atoms with Gasteiger partial charge in [-0.1, -0.05) is 0 Å². The third-order valence-electron chi connectivity index (χ3n) is 3.89. The maximum atomic E-state index is 12.7. The average Bonchev–Trinajstić information content (AvgIpc) is 2.54. The number of carbonyl (C=O) groups excluding carboxylic acids is 1. The molecule has 22 heavy (non-hydrogen) atoms. The predicted octanol–water partition coefficient (Wildman–Crippen LogP) is 2.31. The predicted molar refractivity (Wildman–Crippen MR) is 86.7 cm³/mol. The second-order valence-corrected chi connectivity index (χ2v) is 5.91. The number of ether oxygens (including phenoxy) is 2. The van der Waals surface area contributed by atoms with Crippen LogP contribution in [-0.4, -0.2) is 50.2 Å². The fraction of sp³-hybridized carbons (Fsp3) is 0.588. The number of methoxy groups -OCH3 is 1. The summed E-state index contributed by atoms with van der Waals surface area (Å²) >= 11 is 0.